The van der Waals surface area contributed by atoms with Crippen molar-refractivity contribution < 1.29 is 31.8 Å². The van der Waals surface area contributed by atoms with Gasteiger partial charge in [-0.1, -0.05) is 19.9 Å². The zero-order valence-electron chi connectivity index (χ0n) is 27.0. The Balaban J connectivity index is 1.58. The fraction of sp³-hybridized carbons (Fsp3) is 0.516. The van der Waals surface area contributed by atoms with Gasteiger partial charge in [0.2, 0.25) is 13.3 Å². The summed E-state index contributed by atoms with van der Waals surface area (Å²) in [6.45, 7) is 10.8. The number of oxazole rings is 1. The summed E-state index contributed by atoms with van der Waals surface area (Å²) in [6.07, 6.45) is 3.68. The van der Waals surface area contributed by atoms with E-state index >= 15 is 4.39 Å². The van der Waals surface area contributed by atoms with Crippen LogP contribution in [0.15, 0.2) is 52.0 Å². The molecule has 0 spiro atoms. The van der Waals surface area contributed by atoms with Gasteiger partial charge in [-0.2, -0.15) is 0 Å². The van der Waals surface area contributed by atoms with E-state index in [4.69, 9.17) is 13.5 Å². The number of hydrogen-bond donors (Lipinski definition) is 0. The Bertz CT molecular complexity index is 1560. The molecule has 0 radical (unpaired) electrons. The summed E-state index contributed by atoms with van der Waals surface area (Å²) < 4.78 is 65.0. The Morgan fingerprint density at radius 1 is 1.13 bits per heavy atom. The number of pyridine rings is 1. The molecule has 1 aliphatic heterocycles. The Morgan fingerprint density at radius 2 is 1.76 bits per heavy atom. The molecular formula is C31H43FN4O6P2S. The molecule has 1 aromatic carbocycles. The number of halogens is 1. The third kappa shape index (κ3) is 8.41. The van der Waals surface area contributed by atoms with Gasteiger partial charge in [0.15, 0.2) is 5.12 Å². The van der Waals surface area contributed by atoms with Crippen LogP contribution in [0.2, 0.25) is 0 Å². The van der Waals surface area contributed by atoms with Gasteiger partial charge in [-0.05, 0) is 81.9 Å². The molecule has 1 fully saturated rings. The topological polar surface area (TPSA) is 115 Å². The lowest BCUT2D eigenvalue weighted by atomic mass is 9.93. The molecule has 0 amide bonds. The molecule has 1 aliphatic rings. The summed E-state index contributed by atoms with van der Waals surface area (Å²) in [7, 11) is -3.46. The van der Waals surface area contributed by atoms with Gasteiger partial charge < -0.3 is 13.5 Å². The summed E-state index contributed by atoms with van der Waals surface area (Å²) >= 11 is 0.772. The van der Waals surface area contributed by atoms with Crippen LogP contribution < -0.4 is 0 Å². The molecule has 3 heterocycles. The third-order valence-electron chi connectivity index (χ3n) is 7.74. The third-order valence-corrected chi connectivity index (χ3v) is 14.7. The molecule has 10 nitrogen and oxygen atoms in total. The molecule has 1 atom stereocenters. The molecule has 1 saturated heterocycles. The standard InChI is InChI=1S/C31H43FN4O6P2S/c1-8-40-44(39,41-9-2)27(19-43(38)35(6)20-31(4,5)21-36(43)7)24-10-11-25(32)28(18-24)45-29(37)13-12-26-22(3)42-30(34-26)23-14-16-33-17-15-23/h10-11,14-18,27H,8-9,12-13,19-21H2,1-7H3. The largest absolute Gasteiger partial charge is 0.441 e. The van der Waals surface area contributed by atoms with Crippen molar-refractivity contribution in [3.05, 3.63) is 65.6 Å². The van der Waals surface area contributed by atoms with Crippen LogP contribution in [0.5, 0.6) is 0 Å². The average molecular weight is 681 g/mol. The van der Waals surface area contributed by atoms with Crippen LogP contribution in [0.1, 0.15) is 56.8 Å². The van der Waals surface area contributed by atoms with Crippen LogP contribution in [0.4, 0.5) is 4.39 Å². The Hall–Kier alpha value is -2.17. The second-order valence-corrected chi connectivity index (χ2v) is 18.3. The first-order valence-electron chi connectivity index (χ1n) is 15.0. The fourth-order valence-corrected chi connectivity index (χ4v) is 12.6. The summed E-state index contributed by atoms with van der Waals surface area (Å²) in [5.74, 6) is 0.463. The van der Waals surface area contributed by atoms with Crippen LogP contribution >= 0.6 is 26.8 Å². The Kier molecular flexibility index (Phi) is 11.7. The minimum absolute atomic E-state index is 0.0255. The monoisotopic (exact) mass is 680 g/mol. The maximum Gasteiger partial charge on any atom is 0.338 e. The highest BCUT2D eigenvalue weighted by Crippen LogP contribution is 2.68. The van der Waals surface area contributed by atoms with Gasteiger partial charge in [0.05, 0.1) is 29.5 Å². The first kappa shape index (κ1) is 35.7. The highest BCUT2D eigenvalue weighted by Gasteiger charge is 2.49. The molecule has 2 aromatic heterocycles. The molecule has 0 N–H and O–H groups in total. The second-order valence-electron chi connectivity index (χ2n) is 12.0. The van der Waals surface area contributed by atoms with Crippen LogP contribution in [-0.2, 0) is 29.4 Å². The van der Waals surface area contributed by atoms with Crippen molar-refractivity contribution in [1.29, 1.82) is 0 Å². The fourth-order valence-electron chi connectivity index (χ4n) is 5.72. The number of rotatable bonds is 13. The zero-order chi connectivity index (χ0) is 33.0. The first-order chi connectivity index (χ1) is 21.2. The van der Waals surface area contributed by atoms with Crippen LogP contribution in [0.3, 0.4) is 0 Å². The Labute approximate surface area is 269 Å². The predicted octanol–water partition coefficient (Wildman–Crippen LogP) is 7.84. The highest BCUT2D eigenvalue weighted by molar-refractivity contribution is 8.13. The SMILES string of the molecule is CCOP(=O)(OCC)C(CP1(=O)N(C)CC(C)(C)CN1C)c1ccc(F)c(SC(=O)CCc2nc(-c3ccncc3)oc2C)c1. The predicted molar refractivity (Wildman–Crippen MR) is 175 cm³/mol. The molecule has 3 aromatic rings. The zero-order valence-corrected chi connectivity index (χ0v) is 29.6. The molecule has 0 aliphatic carbocycles. The Morgan fingerprint density at radius 3 is 2.36 bits per heavy atom. The quantitative estimate of drug-likeness (QED) is 0.130. The van der Waals surface area contributed by atoms with E-state index in [1.165, 1.54) is 18.2 Å². The van der Waals surface area contributed by atoms with Gasteiger partial charge in [0.25, 0.3) is 0 Å². The van der Waals surface area contributed by atoms with E-state index in [1.807, 2.05) is 23.4 Å². The molecule has 45 heavy (non-hydrogen) atoms. The van der Waals surface area contributed by atoms with Crippen molar-refractivity contribution in [2.24, 2.45) is 5.41 Å². The summed E-state index contributed by atoms with van der Waals surface area (Å²) in [6, 6.07) is 7.85. The van der Waals surface area contributed by atoms with E-state index in [1.54, 1.807) is 45.3 Å². The van der Waals surface area contributed by atoms with Crippen molar-refractivity contribution in [3.63, 3.8) is 0 Å². The number of hydrogen-bond acceptors (Lipinski definition) is 9. The second kappa shape index (κ2) is 14.7. The van der Waals surface area contributed by atoms with Gasteiger partial charge in [-0.3, -0.25) is 18.9 Å². The van der Waals surface area contributed by atoms with Crippen molar-refractivity contribution >= 4 is 31.9 Å². The van der Waals surface area contributed by atoms with Gasteiger partial charge >= 0.3 is 7.60 Å². The number of carbonyl (C=O) groups is 1. The number of aromatic nitrogens is 2. The molecule has 0 bridgehead atoms. The lowest BCUT2D eigenvalue weighted by Gasteiger charge is -2.48. The normalized spacial score (nSPS) is 17.8. The maximum absolute atomic E-state index is 15.1. The van der Waals surface area contributed by atoms with Crippen molar-refractivity contribution in [3.8, 4) is 11.5 Å². The average Bonchev–Trinajstić information content (AvgIpc) is 3.35. The van der Waals surface area contributed by atoms with E-state index in [0.717, 1.165) is 17.3 Å². The lowest BCUT2D eigenvalue weighted by Crippen LogP contribution is -2.47. The summed E-state index contributed by atoms with van der Waals surface area (Å²) in [5.41, 5.74) is 0.818. The number of aryl methyl sites for hydroxylation is 2. The van der Waals surface area contributed by atoms with E-state index < -0.39 is 26.5 Å². The van der Waals surface area contributed by atoms with E-state index in [2.05, 4.69) is 23.8 Å². The minimum Gasteiger partial charge on any atom is -0.441 e. The molecule has 4 rings (SSSR count). The number of nitrogens with zero attached hydrogens (tertiary/aromatic N) is 4. The number of benzene rings is 1. The van der Waals surface area contributed by atoms with Crippen molar-refractivity contribution in [2.45, 2.75) is 58.0 Å². The smallest absolute Gasteiger partial charge is 0.338 e. The van der Waals surface area contributed by atoms with Crippen molar-refractivity contribution in [1.82, 2.24) is 19.3 Å². The van der Waals surface area contributed by atoms with Crippen LogP contribution in [0, 0.1) is 18.2 Å². The van der Waals surface area contributed by atoms with Gasteiger partial charge in [-0.25, -0.2) is 18.7 Å². The molecule has 0 saturated carbocycles. The van der Waals surface area contributed by atoms with Gasteiger partial charge in [0.1, 0.15) is 11.6 Å². The molecular weight excluding hydrogens is 637 g/mol. The first-order valence-corrected chi connectivity index (χ1v) is 19.2. The number of thioether (sulfide) groups is 1. The molecule has 14 heteroatoms. The van der Waals surface area contributed by atoms with Gasteiger partial charge in [-0.15, -0.1) is 0 Å². The van der Waals surface area contributed by atoms with E-state index in [-0.39, 0.29) is 41.2 Å². The maximum atomic E-state index is 15.1. The van der Waals surface area contributed by atoms with E-state index in [9.17, 15) is 13.9 Å². The highest BCUT2D eigenvalue weighted by atomic mass is 32.2. The summed E-state index contributed by atoms with van der Waals surface area (Å²) in [5, 5.41) is -0.268. The lowest BCUT2D eigenvalue weighted by molar-refractivity contribution is -0.111. The van der Waals surface area contributed by atoms with E-state index in [0.29, 0.717) is 42.4 Å². The summed E-state index contributed by atoms with van der Waals surface area (Å²) in [4.78, 5) is 21.7. The van der Waals surface area contributed by atoms with Crippen molar-refractivity contribution in [2.75, 3.05) is 46.6 Å². The minimum atomic E-state index is -3.86. The van der Waals surface area contributed by atoms with Crippen LogP contribution in [0.25, 0.3) is 11.5 Å². The van der Waals surface area contributed by atoms with Crippen LogP contribution in [-0.4, -0.2) is 71.0 Å². The molecule has 246 valence electrons. The van der Waals surface area contributed by atoms with Gasteiger partial charge in [0, 0.05) is 50.1 Å². The molecule has 1 unspecified atom stereocenters. The number of carbonyl (C=O) groups excluding carboxylic acids is 1.